The third kappa shape index (κ3) is 5.75. The number of amides is 4. The van der Waals surface area contributed by atoms with Gasteiger partial charge in [0.25, 0.3) is 11.8 Å². The first kappa shape index (κ1) is 20.8. The summed E-state index contributed by atoms with van der Waals surface area (Å²) in [6.07, 6.45) is 1.51. The van der Waals surface area contributed by atoms with Crippen LogP contribution in [0.15, 0.2) is 24.3 Å². The van der Waals surface area contributed by atoms with E-state index in [9.17, 15) is 23.6 Å². The van der Waals surface area contributed by atoms with Crippen LogP contribution >= 0.6 is 0 Å². The maximum absolute atomic E-state index is 13.0. The van der Waals surface area contributed by atoms with Crippen molar-refractivity contribution in [3.05, 3.63) is 35.6 Å². The van der Waals surface area contributed by atoms with E-state index < -0.39 is 35.7 Å². The number of imide groups is 1. The molecule has 1 aliphatic carbocycles. The first-order valence-electron chi connectivity index (χ1n) is 9.70. The summed E-state index contributed by atoms with van der Waals surface area (Å²) >= 11 is 0. The van der Waals surface area contributed by atoms with Gasteiger partial charge in [-0.15, -0.1) is 0 Å². The highest BCUT2D eigenvalue weighted by atomic mass is 19.1. The molecule has 2 fully saturated rings. The molecule has 9 heteroatoms. The summed E-state index contributed by atoms with van der Waals surface area (Å²) in [5, 5.41) is 4.78. The number of esters is 1. The summed E-state index contributed by atoms with van der Waals surface area (Å²) in [5.74, 6) is -2.26. The van der Waals surface area contributed by atoms with Gasteiger partial charge in [-0.25, -0.2) is 9.18 Å². The van der Waals surface area contributed by atoms with Crippen LogP contribution in [0.25, 0.3) is 0 Å². The van der Waals surface area contributed by atoms with E-state index in [4.69, 9.17) is 4.74 Å². The minimum absolute atomic E-state index is 0.114. The van der Waals surface area contributed by atoms with Crippen molar-refractivity contribution in [2.45, 2.75) is 44.8 Å². The number of carbonyl (C=O) groups excluding carboxylic acids is 4. The molecule has 2 N–H and O–H groups in total. The molecule has 2 aliphatic rings. The standard InChI is InChI=1S/C20H24FN3O5/c1-12(17(25)23-20(28)22-16-6-7-16)29-19(27)14-8-10-24(11-9-14)18(26)13-2-4-15(21)5-3-13/h2-5,12,14,16H,6-11H2,1H3,(H2,22,23,25,28). The highest BCUT2D eigenvalue weighted by Crippen LogP contribution is 2.21. The van der Waals surface area contributed by atoms with E-state index in [0.717, 1.165) is 12.8 Å². The van der Waals surface area contributed by atoms with Crippen LogP contribution in [-0.4, -0.2) is 54.0 Å². The fourth-order valence-electron chi connectivity index (χ4n) is 3.08. The second-order valence-corrected chi connectivity index (χ2v) is 7.39. The van der Waals surface area contributed by atoms with E-state index >= 15 is 0 Å². The fraction of sp³-hybridized carbons (Fsp3) is 0.500. The fourth-order valence-corrected chi connectivity index (χ4v) is 3.08. The molecule has 1 atom stereocenters. The van der Waals surface area contributed by atoms with E-state index in [1.807, 2.05) is 0 Å². The molecule has 4 amide bonds. The van der Waals surface area contributed by atoms with Gasteiger partial charge >= 0.3 is 12.0 Å². The molecule has 0 bridgehead atoms. The lowest BCUT2D eigenvalue weighted by Crippen LogP contribution is -2.46. The molecule has 1 unspecified atom stereocenters. The molecule has 1 aromatic rings. The molecule has 1 saturated carbocycles. The molecule has 156 valence electrons. The van der Waals surface area contributed by atoms with E-state index in [1.54, 1.807) is 4.90 Å². The SMILES string of the molecule is CC(OC(=O)C1CCN(C(=O)c2ccc(F)cc2)CC1)C(=O)NC(=O)NC1CC1. The van der Waals surface area contributed by atoms with Crippen molar-refractivity contribution in [3.63, 3.8) is 0 Å². The molecule has 0 spiro atoms. The first-order chi connectivity index (χ1) is 13.8. The summed E-state index contributed by atoms with van der Waals surface area (Å²) < 4.78 is 18.2. The summed E-state index contributed by atoms with van der Waals surface area (Å²) in [7, 11) is 0. The number of benzene rings is 1. The number of ether oxygens (including phenoxy) is 1. The summed E-state index contributed by atoms with van der Waals surface area (Å²) in [6.45, 7) is 2.13. The predicted octanol–water partition coefficient (Wildman–Crippen LogP) is 1.60. The van der Waals surface area contributed by atoms with Gasteiger partial charge < -0.3 is 15.0 Å². The monoisotopic (exact) mass is 405 g/mol. The largest absolute Gasteiger partial charge is 0.452 e. The highest BCUT2D eigenvalue weighted by molar-refractivity contribution is 5.97. The van der Waals surface area contributed by atoms with Gasteiger partial charge in [-0.2, -0.15) is 0 Å². The molecule has 1 heterocycles. The zero-order chi connectivity index (χ0) is 21.0. The summed E-state index contributed by atoms with van der Waals surface area (Å²) in [4.78, 5) is 49.9. The van der Waals surface area contributed by atoms with Crippen molar-refractivity contribution in [2.75, 3.05) is 13.1 Å². The van der Waals surface area contributed by atoms with Crippen molar-refractivity contribution < 1.29 is 28.3 Å². The lowest BCUT2D eigenvalue weighted by atomic mass is 9.96. The Kier molecular flexibility index (Phi) is 6.46. The number of nitrogens with one attached hydrogen (secondary N) is 2. The van der Waals surface area contributed by atoms with Crippen LogP contribution in [0, 0.1) is 11.7 Å². The maximum atomic E-state index is 13.0. The molecule has 8 nitrogen and oxygen atoms in total. The number of rotatable bonds is 5. The lowest BCUT2D eigenvalue weighted by molar-refractivity contribution is -0.159. The number of piperidine rings is 1. The number of carbonyl (C=O) groups is 4. The quantitative estimate of drug-likeness (QED) is 0.724. The smallest absolute Gasteiger partial charge is 0.321 e. The molecular weight excluding hydrogens is 381 g/mol. The second-order valence-electron chi connectivity index (χ2n) is 7.39. The predicted molar refractivity (Wildman–Crippen MR) is 100 cm³/mol. The molecular formula is C20H24FN3O5. The Hall–Kier alpha value is -2.97. The van der Waals surface area contributed by atoms with Crippen LogP contribution in [0.3, 0.4) is 0 Å². The number of halogens is 1. The normalized spacial score (nSPS) is 17.9. The van der Waals surface area contributed by atoms with Crippen molar-refractivity contribution in [1.82, 2.24) is 15.5 Å². The number of likely N-dealkylation sites (tertiary alicyclic amines) is 1. The highest BCUT2D eigenvalue weighted by Gasteiger charge is 2.31. The van der Waals surface area contributed by atoms with E-state index in [0.29, 0.717) is 31.5 Å². The Morgan fingerprint density at radius 2 is 1.69 bits per heavy atom. The van der Waals surface area contributed by atoms with Crippen molar-refractivity contribution in [3.8, 4) is 0 Å². The minimum atomic E-state index is -1.09. The van der Waals surface area contributed by atoms with Gasteiger partial charge in [-0.1, -0.05) is 0 Å². The lowest BCUT2D eigenvalue weighted by Gasteiger charge is -2.31. The van der Waals surface area contributed by atoms with E-state index in [1.165, 1.54) is 31.2 Å². The minimum Gasteiger partial charge on any atom is -0.452 e. The zero-order valence-electron chi connectivity index (χ0n) is 16.2. The van der Waals surface area contributed by atoms with Crippen LogP contribution in [0.2, 0.25) is 0 Å². The number of urea groups is 1. The molecule has 1 saturated heterocycles. The maximum Gasteiger partial charge on any atom is 0.321 e. The average Bonchev–Trinajstić information content (AvgIpc) is 3.51. The third-order valence-electron chi connectivity index (χ3n) is 5.02. The Morgan fingerprint density at radius 3 is 2.28 bits per heavy atom. The molecule has 1 aromatic carbocycles. The molecule has 3 rings (SSSR count). The zero-order valence-corrected chi connectivity index (χ0v) is 16.2. The van der Waals surface area contributed by atoms with Crippen LogP contribution in [0.5, 0.6) is 0 Å². The molecule has 29 heavy (non-hydrogen) atoms. The second kappa shape index (κ2) is 9.02. The van der Waals surface area contributed by atoms with Crippen LogP contribution in [-0.2, 0) is 14.3 Å². The number of hydrogen-bond donors (Lipinski definition) is 2. The van der Waals surface area contributed by atoms with Gasteiger partial charge in [-0.3, -0.25) is 19.7 Å². The third-order valence-corrected chi connectivity index (χ3v) is 5.02. The molecule has 0 radical (unpaired) electrons. The van der Waals surface area contributed by atoms with E-state index in [-0.39, 0.29) is 11.9 Å². The number of nitrogens with zero attached hydrogens (tertiary/aromatic N) is 1. The average molecular weight is 405 g/mol. The van der Waals surface area contributed by atoms with Gasteiger partial charge in [0.05, 0.1) is 5.92 Å². The molecule has 1 aliphatic heterocycles. The van der Waals surface area contributed by atoms with Gasteiger partial charge in [0.15, 0.2) is 6.10 Å². The first-order valence-corrected chi connectivity index (χ1v) is 9.70. The molecule has 0 aromatic heterocycles. The van der Waals surface area contributed by atoms with Crippen LogP contribution < -0.4 is 10.6 Å². The topological polar surface area (TPSA) is 105 Å². The van der Waals surface area contributed by atoms with Gasteiger partial charge in [-0.05, 0) is 56.9 Å². The van der Waals surface area contributed by atoms with Crippen molar-refractivity contribution in [2.24, 2.45) is 5.92 Å². The Balaban J connectivity index is 1.43. The Labute approximate surface area is 167 Å². The van der Waals surface area contributed by atoms with Crippen LogP contribution in [0.1, 0.15) is 43.0 Å². The van der Waals surface area contributed by atoms with E-state index in [2.05, 4.69) is 10.6 Å². The van der Waals surface area contributed by atoms with Crippen molar-refractivity contribution in [1.29, 1.82) is 0 Å². The van der Waals surface area contributed by atoms with Gasteiger partial charge in [0.2, 0.25) is 0 Å². The van der Waals surface area contributed by atoms with Crippen molar-refractivity contribution >= 4 is 23.8 Å². The number of hydrogen-bond acceptors (Lipinski definition) is 5. The Morgan fingerprint density at radius 1 is 1.07 bits per heavy atom. The summed E-state index contributed by atoms with van der Waals surface area (Å²) in [6, 6.07) is 4.84. The van der Waals surface area contributed by atoms with Crippen LogP contribution in [0.4, 0.5) is 9.18 Å². The summed E-state index contributed by atoms with van der Waals surface area (Å²) in [5.41, 5.74) is 0.391. The van der Waals surface area contributed by atoms with Gasteiger partial charge in [0, 0.05) is 24.7 Å². The van der Waals surface area contributed by atoms with Gasteiger partial charge in [0.1, 0.15) is 5.82 Å². The Bertz CT molecular complexity index is 786.